The summed E-state index contributed by atoms with van der Waals surface area (Å²) in [4.78, 5) is 12.1. The maximum atomic E-state index is 12.1. The van der Waals surface area contributed by atoms with E-state index in [9.17, 15) is 4.79 Å². The van der Waals surface area contributed by atoms with Gasteiger partial charge in [0.05, 0.1) is 5.41 Å². The van der Waals surface area contributed by atoms with Crippen molar-refractivity contribution in [1.29, 1.82) is 0 Å². The second kappa shape index (κ2) is 4.65. The Morgan fingerprint density at radius 1 is 1.50 bits per heavy atom. The Hall–Kier alpha value is -1.37. The van der Waals surface area contributed by atoms with Crippen molar-refractivity contribution in [2.45, 2.75) is 34.1 Å². The van der Waals surface area contributed by atoms with Crippen LogP contribution in [0.5, 0.6) is 0 Å². The van der Waals surface area contributed by atoms with Crippen LogP contribution in [0.4, 0.5) is 0 Å². The summed E-state index contributed by atoms with van der Waals surface area (Å²) in [6, 6.07) is 0. The second-order valence-corrected chi connectivity index (χ2v) is 4.82. The van der Waals surface area contributed by atoms with Crippen LogP contribution in [0.2, 0.25) is 0 Å². The number of ketones is 1. The monoisotopic (exact) mass is 216 g/mol. The van der Waals surface area contributed by atoms with Gasteiger partial charge in [-0.2, -0.15) is 0 Å². The number of Topliss-reactive ketones (excluding diaryl/α,β-unsaturated/α-hetero) is 1. The quantitative estimate of drug-likeness (QED) is 0.652. The zero-order valence-corrected chi connectivity index (χ0v) is 10.6. The number of allylic oxidation sites excluding steroid dienone is 7. The molecule has 1 aliphatic carbocycles. The van der Waals surface area contributed by atoms with Crippen LogP contribution in [-0.4, -0.2) is 5.78 Å². The van der Waals surface area contributed by atoms with Gasteiger partial charge in [0.1, 0.15) is 0 Å². The average Bonchev–Trinajstić information content (AvgIpc) is 2.22. The van der Waals surface area contributed by atoms with E-state index in [1.54, 1.807) is 0 Å². The molecule has 0 heterocycles. The summed E-state index contributed by atoms with van der Waals surface area (Å²) in [5.74, 6) is 0.228. The molecule has 1 aliphatic rings. The highest BCUT2D eigenvalue weighted by atomic mass is 16.1. The minimum Gasteiger partial charge on any atom is -0.294 e. The maximum absolute atomic E-state index is 12.1. The van der Waals surface area contributed by atoms with Gasteiger partial charge in [-0.25, -0.2) is 0 Å². The molecule has 0 saturated heterocycles. The lowest BCUT2D eigenvalue weighted by atomic mass is 9.74. The first-order valence-corrected chi connectivity index (χ1v) is 5.61. The molecule has 0 aromatic rings. The van der Waals surface area contributed by atoms with E-state index in [0.717, 1.165) is 17.6 Å². The van der Waals surface area contributed by atoms with Crippen LogP contribution < -0.4 is 0 Å². The van der Waals surface area contributed by atoms with Crippen molar-refractivity contribution in [2.75, 3.05) is 0 Å². The molecule has 0 N–H and O–H groups in total. The summed E-state index contributed by atoms with van der Waals surface area (Å²) in [5, 5.41) is 0. The van der Waals surface area contributed by atoms with Crippen molar-refractivity contribution < 1.29 is 4.79 Å². The lowest BCUT2D eigenvalue weighted by Gasteiger charge is -2.27. The summed E-state index contributed by atoms with van der Waals surface area (Å²) in [6.45, 7) is 11.7. The highest BCUT2D eigenvalue weighted by molar-refractivity contribution is 6.02. The van der Waals surface area contributed by atoms with Gasteiger partial charge >= 0.3 is 0 Å². The molecule has 0 saturated carbocycles. The standard InChI is InChI=1S/C15H20O/c1-6-11(2)7-8-15(5)10-12(3)9-13(4)14(15)16/h6-7,9-10H,1,8H2,2-5H3. The lowest BCUT2D eigenvalue weighted by Crippen LogP contribution is -2.28. The Balaban J connectivity index is 2.98. The molecule has 16 heavy (non-hydrogen) atoms. The van der Waals surface area contributed by atoms with Gasteiger partial charge in [-0.05, 0) is 39.7 Å². The van der Waals surface area contributed by atoms with E-state index in [4.69, 9.17) is 0 Å². The van der Waals surface area contributed by atoms with E-state index in [0.29, 0.717) is 0 Å². The Bertz CT molecular complexity index is 407. The molecule has 1 nitrogen and oxygen atoms in total. The fourth-order valence-electron chi connectivity index (χ4n) is 2.08. The summed E-state index contributed by atoms with van der Waals surface area (Å²) >= 11 is 0. The van der Waals surface area contributed by atoms with Crippen LogP contribution in [-0.2, 0) is 4.79 Å². The first-order valence-electron chi connectivity index (χ1n) is 5.61. The minimum atomic E-state index is -0.382. The van der Waals surface area contributed by atoms with Crippen LogP contribution in [0.3, 0.4) is 0 Å². The Labute approximate surface area is 98.2 Å². The average molecular weight is 216 g/mol. The van der Waals surface area contributed by atoms with E-state index in [1.165, 1.54) is 5.57 Å². The van der Waals surface area contributed by atoms with Gasteiger partial charge in [0.25, 0.3) is 0 Å². The number of hydrogen-bond donors (Lipinski definition) is 0. The third-order valence-electron chi connectivity index (χ3n) is 3.04. The SMILES string of the molecule is C=CC(C)=CCC1(C)C=C(C)C=C(C)C1=O. The highest BCUT2D eigenvalue weighted by Gasteiger charge is 2.32. The smallest absolute Gasteiger partial charge is 0.168 e. The molecule has 1 rings (SSSR count). The Morgan fingerprint density at radius 3 is 2.69 bits per heavy atom. The topological polar surface area (TPSA) is 17.1 Å². The molecule has 0 aliphatic heterocycles. The Kier molecular flexibility index (Phi) is 3.69. The molecule has 0 fully saturated rings. The van der Waals surface area contributed by atoms with Crippen molar-refractivity contribution in [3.63, 3.8) is 0 Å². The van der Waals surface area contributed by atoms with Crippen molar-refractivity contribution in [3.05, 3.63) is 47.6 Å². The first-order chi connectivity index (χ1) is 7.39. The predicted molar refractivity (Wildman–Crippen MR) is 69.2 cm³/mol. The van der Waals surface area contributed by atoms with E-state index >= 15 is 0 Å². The van der Waals surface area contributed by atoms with Gasteiger partial charge in [0.2, 0.25) is 0 Å². The summed E-state index contributed by atoms with van der Waals surface area (Å²) in [7, 11) is 0. The van der Waals surface area contributed by atoms with Crippen molar-refractivity contribution in [2.24, 2.45) is 5.41 Å². The third kappa shape index (κ3) is 2.60. The molecule has 0 aromatic heterocycles. The van der Waals surface area contributed by atoms with Crippen molar-refractivity contribution >= 4 is 5.78 Å². The van der Waals surface area contributed by atoms with Crippen LogP contribution in [0, 0.1) is 5.41 Å². The number of rotatable bonds is 3. The van der Waals surface area contributed by atoms with Crippen LogP contribution >= 0.6 is 0 Å². The first kappa shape index (κ1) is 12.7. The zero-order valence-electron chi connectivity index (χ0n) is 10.6. The summed E-state index contributed by atoms with van der Waals surface area (Å²) < 4.78 is 0. The summed E-state index contributed by atoms with van der Waals surface area (Å²) in [6.07, 6.45) is 8.65. The van der Waals surface area contributed by atoms with Gasteiger partial charge in [-0.3, -0.25) is 4.79 Å². The number of hydrogen-bond acceptors (Lipinski definition) is 1. The fraction of sp³-hybridized carbons (Fsp3) is 0.400. The van der Waals surface area contributed by atoms with E-state index in [1.807, 2.05) is 39.8 Å². The van der Waals surface area contributed by atoms with Gasteiger partial charge in [-0.1, -0.05) is 42.0 Å². The largest absolute Gasteiger partial charge is 0.294 e. The molecule has 1 atom stereocenters. The van der Waals surface area contributed by atoms with Crippen LogP contribution in [0.1, 0.15) is 34.1 Å². The zero-order chi connectivity index (χ0) is 12.3. The number of carbonyl (C=O) groups is 1. The molecule has 86 valence electrons. The van der Waals surface area contributed by atoms with Crippen molar-refractivity contribution in [3.8, 4) is 0 Å². The third-order valence-corrected chi connectivity index (χ3v) is 3.04. The molecule has 1 unspecified atom stereocenters. The number of carbonyl (C=O) groups excluding carboxylic acids is 1. The van der Waals surface area contributed by atoms with E-state index in [-0.39, 0.29) is 11.2 Å². The van der Waals surface area contributed by atoms with Gasteiger partial charge in [0.15, 0.2) is 5.78 Å². The van der Waals surface area contributed by atoms with Crippen molar-refractivity contribution in [1.82, 2.24) is 0 Å². The normalized spacial score (nSPS) is 26.2. The molecular weight excluding hydrogens is 196 g/mol. The molecule has 0 radical (unpaired) electrons. The highest BCUT2D eigenvalue weighted by Crippen LogP contribution is 2.34. The Morgan fingerprint density at radius 2 is 2.12 bits per heavy atom. The van der Waals surface area contributed by atoms with Crippen LogP contribution in [0.25, 0.3) is 0 Å². The van der Waals surface area contributed by atoms with Gasteiger partial charge < -0.3 is 0 Å². The van der Waals surface area contributed by atoms with E-state index in [2.05, 4.69) is 18.7 Å². The van der Waals surface area contributed by atoms with Gasteiger partial charge in [-0.15, -0.1) is 0 Å². The lowest BCUT2D eigenvalue weighted by molar-refractivity contribution is -0.121. The predicted octanol–water partition coefficient (Wildman–Crippen LogP) is 3.99. The van der Waals surface area contributed by atoms with Gasteiger partial charge in [0, 0.05) is 0 Å². The second-order valence-electron chi connectivity index (χ2n) is 4.82. The molecular formula is C15H20O. The molecule has 0 amide bonds. The maximum Gasteiger partial charge on any atom is 0.168 e. The molecule has 1 heteroatoms. The molecule has 0 aromatic carbocycles. The molecule has 0 spiro atoms. The van der Waals surface area contributed by atoms with E-state index < -0.39 is 0 Å². The van der Waals surface area contributed by atoms with Crippen LogP contribution in [0.15, 0.2) is 47.6 Å². The minimum absolute atomic E-state index is 0.228. The molecule has 0 bridgehead atoms. The summed E-state index contributed by atoms with van der Waals surface area (Å²) in [5.41, 5.74) is 2.76. The fourth-order valence-corrected chi connectivity index (χ4v) is 2.08.